The molecule has 0 unspecified atom stereocenters. The van der Waals surface area contributed by atoms with Gasteiger partial charge >= 0.3 is 5.97 Å². The van der Waals surface area contributed by atoms with Crippen LogP contribution in [0, 0.1) is 0 Å². The lowest BCUT2D eigenvalue weighted by atomic mass is 10.2. The summed E-state index contributed by atoms with van der Waals surface area (Å²) in [5.41, 5.74) is 5.52. The van der Waals surface area contributed by atoms with E-state index in [4.69, 9.17) is 9.47 Å². The smallest absolute Gasteiger partial charge is 0.311 e. The van der Waals surface area contributed by atoms with Gasteiger partial charge in [0.1, 0.15) is 12.4 Å². The minimum Gasteiger partial charge on any atom is -0.488 e. The van der Waals surface area contributed by atoms with Crippen molar-refractivity contribution in [3.05, 3.63) is 75.2 Å². The second-order valence-electron chi connectivity index (χ2n) is 5.96. The highest BCUT2D eigenvalue weighted by molar-refractivity contribution is 9.10. The number of aromatic nitrogens is 1. The van der Waals surface area contributed by atoms with Crippen LogP contribution in [-0.2, 0) is 22.6 Å². The number of anilines is 1. The molecule has 0 atom stereocenters. The first kappa shape index (κ1) is 21.0. The minimum atomic E-state index is -0.286. The van der Waals surface area contributed by atoms with Crippen LogP contribution in [0.5, 0.6) is 5.75 Å². The summed E-state index contributed by atoms with van der Waals surface area (Å²) in [5, 5.41) is 6.63. The van der Waals surface area contributed by atoms with Gasteiger partial charge in [-0.1, -0.05) is 36.4 Å². The zero-order valence-corrected chi connectivity index (χ0v) is 18.2. The molecule has 150 valence electrons. The summed E-state index contributed by atoms with van der Waals surface area (Å²) in [6.07, 6.45) is 1.85. The van der Waals surface area contributed by atoms with Crippen molar-refractivity contribution in [3.8, 4) is 5.75 Å². The number of rotatable bonds is 9. The molecule has 1 aromatic heterocycles. The largest absolute Gasteiger partial charge is 0.488 e. The van der Waals surface area contributed by atoms with Crippen LogP contribution in [0.3, 0.4) is 0 Å². The summed E-state index contributed by atoms with van der Waals surface area (Å²) in [6, 6.07) is 15.7. The molecule has 0 aliphatic carbocycles. The fourth-order valence-electron chi connectivity index (χ4n) is 2.41. The second kappa shape index (κ2) is 10.7. The monoisotopic (exact) mass is 473 g/mol. The predicted molar refractivity (Wildman–Crippen MR) is 119 cm³/mol. The van der Waals surface area contributed by atoms with Crippen molar-refractivity contribution >= 4 is 44.6 Å². The van der Waals surface area contributed by atoms with Gasteiger partial charge in [0, 0.05) is 5.38 Å². The molecule has 6 nitrogen and oxygen atoms in total. The molecular formula is C21H20BrN3O3S. The minimum absolute atomic E-state index is 0.157. The number of nitrogens with zero attached hydrogens (tertiary/aromatic N) is 2. The number of nitrogens with one attached hydrogen (secondary N) is 1. The highest BCUT2D eigenvalue weighted by Crippen LogP contribution is 2.26. The summed E-state index contributed by atoms with van der Waals surface area (Å²) in [4.78, 5) is 15.8. The molecular weight excluding hydrogens is 454 g/mol. The number of hydrogen-bond acceptors (Lipinski definition) is 7. The van der Waals surface area contributed by atoms with E-state index in [1.165, 1.54) is 11.3 Å². The summed E-state index contributed by atoms with van der Waals surface area (Å²) in [7, 11) is 0. The van der Waals surface area contributed by atoms with Gasteiger partial charge in [0.2, 0.25) is 5.13 Å². The Bertz CT molecular complexity index is 976. The lowest BCUT2D eigenvalue weighted by Crippen LogP contribution is -2.07. The van der Waals surface area contributed by atoms with Crippen molar-refractivity contribution in [2.75, 3.05) is 12.0 Å². The van der Waals surface area contributed by atoms with E-state index in [0.717, 1.165) is 21.3 Å². The first-order valence-corrected chi connectivity index (χ1v) is 10.7. The summed E-state index contributed by atoms with van der Waals surface area (Å²) in [5.74, 6) is 0.453. The van der Waals surface area contributed by atoms with Gasteiger partial charge in [-0.3, -0.25) is 10.2 Å². The number of ether oxygens (including phenoxy) is 2. The molecule has 0 bridgehead atoms. The number of halogens is 1. The molecule has 0 fully saturated rings. The SMILES string of the molecule is CCOC(=O)Cc1csc(NN=Cc2ccc(Br)c(OCc3ccccc3)c2)n1. The predicted octanol–water partition coefficient (Wildman–Crippen LogP) is 5.04. The molecule has 1 N–H and O–H groups in total. The molecule has 0 radical (unpaired) electrons. The van der Waals surface area contributed by atoms with Gasteiger partial charge in [0.25, 0.3) is 0 Å². The molecule has 0 saturated heterocycles. The molecule has 0 spiro atoms. The molecule has 1 heterocycles. The highest BCUT2D eigenvalue weighted by atomic mass is 79.9. The lowest BCUT2D eigenvalue weighted by Gasteiger charge is -2.09. The second-order valence-corrected chi connectivity index (χ2v) is 7.67. The molecule has 2 aromatic carbocycles. The maximum absolute atomic E-state index is 11.5. The number of hydrogen-bond donors (Lipinski definition) is 1. The first-order valence-electron chi connectivity index (χ1n) is 8.99. The number of hydrazone groups is 1. The Balaban J connectivity index is 1.56. The Morgan fingerprint density at radius 3 is 2.90 bits per heavy atom. The third-order valence-corrected chi connectivity index (χ3v) is 5.20. The van der Waals surface area contributed by atoms with Crippen LogP contribution in [0.2, 0.25) is 0 Å². The van der Waals surface area contributed by atoms with E-state index < -0.39 is 0 Å². The maximum atomic E-state index is 11.5. The Morgan fingerprint density at radius 1 is 1.28 bits per heavy atom. The third kappa shape index (κ3) is 6.69. The van der Waals surface area contributed by atoms with Crippen molar-refractivity contribution in [3.63, 3.8) is 0 Å². The van der Waals surface area contributed by atoms with E-state index in [0.29, 0.717) is 24.0 Å². The maximum Gasteiger partial charge on any atom is 0.311 e. The summed E-state index contributed by atoms with van der Waals surface area (Å²) in [6.45, 7) is 2.63. The van der Waals surface area contributed by atoms with Crippen LogP contribution in [0.25, 0.3) is 0 Å². The summed E-state index contributed by atoms with van der Waals surface area (Å²) < 4.78 is 11.7. The Hall–Kier alpha value is -2.71. The van der Waals surface area contributed by atoms with Gasteiger partial charge in [-0.05, 0) is 46.1 Å². The average molecular weight is 474 g/mol. The van der Waals surface area contributed by atoms with E-state index in [2.05, 4.69) is 31.4 Å². The van der Waals surface area contributed by atoms with Crippen LogP contribution in [0.15, 0.2) is 63.5 Å². The van der Waals surface area contributed by atoms with Crippen LogP contribution in [0.1, 0.15) is 23.7 Å². The van der Waals surface area contributed by atoms with Gasteiger partial charge in [-0.2, -0.15) is 5.10 Å². The zero-order valence-electron chi connectivity index (χ0n) is 15.8. The normalized spacial score (nSPS) is 10.8. The molecule has 3 rings (SSSR count). The van der Waals surface area contributed by atoms with Gasteiger partial charge in [0.15, 0.2) is 0 Å². The van der Waals surface area contributed by atoms with Crippen LogP contribution in [-0.4, -0.2) is 23.8 Å². The molecule has 0 saturated carbocycles. The molecule has 0 aliphatic rings. The van der Waals surface area contributed by atoms with Crippen molar-refractivity contribution in [2.24, 2.45) is 5.10 Å². The van der Waals surface area contributed by atoms with Crippen molar-refractivity contribution in [1.82, 2.24) is 4.98 Å². The van der Waals surface area contributed by atoms with Crippen LogP contribution in [0.4, 0.5) is 5.13 Å². The topological polar surface area (TPSA) is 72.8 Å². The van der Waals surface area contributed by atoms with E-state index in [-0.39, 0.29) is 12.4 Å². The molecule has 8 heteroatoms. The lowest BCUT2D eigenvalue weighted by molar-refractivity contribution is -0.142. The van der Waals surface area contributed by atoms with Gasteiger partial charge < -0.3 is 9.47 Å². The number of carbonyl (C=O) groups excluding carboxylic acids is 1. The molecule has 29 heavy (non-hydrogen) atoms. The average Bonchev–Trinajstić information content (AvgIpc) is 3.16. The van der Waals surface area contributed by atoms with E-state index in [1.54, 1.807) is 13.1 Å². The Morgan fingerprint density at radius 2 is 2.10 bits per heavy atom. The fraction of sp³-hybridized carbons (Fsp3) is 0.190. The van der Waals surface area contributed by atoms with Crippen molar-refractivity contribution in [1.29, 1.82) is 0 Å². The van der Waals surface area contributed by atoms with Crippen LogP contribution < -0.4 is 10.2 Å². The molecule has 0 amide bonds. The standard InChI is InChI=1S/C21H20BrN3O3S/c1-2-27-20(26)11-17-14-29-21(24-17)25-23-12-16-8-9-18(22)19(10-16)28-13-15-6-4-3-5-7-15/h3-10,12,14H,2,11,13H2,1H3,(H,24,25). The van der Waals surface area contributed by atoms with Crippen molar-refractivity contribution < 1.29 is 14.3 Å². The van der Waals surface area contributed by atoms with Crippen LogP contribution >= 0.6 is 27.3 Å². The fourth-order valence-corrected chi connectivity index (χ4v) is 3.43. The van der Waals surface area contributed by atoms with Gasteiger partial charge in [-0.15, -0.1) is 11.3 Å². The Kier molecular flexibility index (Phi) is 7.77. The number of carbonyl (C=O) groups is 1. The quantitative estimate of drug-likeness (QED) is 0.267. The third-order valence-electron chi connectivity index (χ3n) is 3.75. The molecule has 0 aliphatic heterocycles. The van der Waals surface area contributed by atoms with E-state index >= 15 is 0 Å². The van der Waals surface area contributed by atoms with E-state index in [1.807, 2.05) is 53.9 Å². The van der Waals surface area contributed by atoms with Gasteiger partial charge in [0.05, 0.1) is 29.4 Å². The van der Waals surface area contributed by atoms with Gasteiger partial charge in [-0.25, -0.2) is 4.98 Å². The molecule has 3 aromatic rings. The first-order chi connectivity index (χ1) is 14.1. The van der Waals surface area contributed by atoms with Crippen molar-refractivity contribution in [2.45, 2.75) is 20.0 Å². The Labute approximate surface area is 181 Å². The number of benzene rings is 2. The highest BCUT2D eigenvalue weighted by Gasteiger charge is 2.08. The van der Waals surface area contributed by atoms with E-state index in [9.17, 15) is 4.79 Å². The number of esters is 1. The number of thiazole rings is 1. The zero-order chi connectivity index (χ0) is 20.5. The summed E-state index contributed by atoms with van der Waals surface area (Å²) >= 11 is 4.89.